The Morgan fingerprint density at radius 2 is 2.22 bits per heavy atom. The van der Waals surface area contributed by atoms with E-state index in [-0.39, 0.29) is 23.5 Å². The van der Waals surface area contributed by atoms with Gasteiger partial charge in [-0.1, -0.05) is 25.1 Å². The number of carbonyl (C=O) groups excluding carboxylic acids is 1. The van der Waals surface area contributed by atoms with Crippen LogP contribution in [0.5, 0.6) is 0 Å². The van der Waals surface area contributed by atoms with Gasteiger partial charge in [0.25, 0.3) is 0 Å². The molecule has 6 heteroatoms. The average molecular weight is 271 g/mol. The lowest BCUT2D eigenvalue weighted by atomic mass is 10.2. The molecule has 100 valence electrons. The molecule has 1 amide bonds. The predicted octanol–water partition coefficient (Wildman–Crippen LogP) is 2.37. The van der Waals surface area contributed by atoms with Crippen molar-refractivity contribution in [2.24, 2.45) is 0 Å². The molecule has 0 radical (unpaired) electrons. The van der Waals surface area contributed by atoms with Gasteiger partial charge in [0.15, 0.2) is 5.09 Å². The fraction of sp³-hybridized carbons (Fsp3) is 0.500. The van der Waals surface area contributed by atoms with Crippen molar-refractivity contribution in [3.8, 4) is 0 Å². The summed E-state index contributed by atoms with van der Waals surface area (Å²) in [5.74, 6) is -1.07. The van der Waals surface area contributed by atoms with Crippen LogP contribution in [0.15, 0.2) is 21.6 Å². The van der Waals surface area contributed by atoms with Crippen LogP contribution in [0.25, 0.3) is 0 Å². The van der Waals surface area contributed by atoms with E-state index < -0.39 is 5.97 Å². The minimum atomic E-state index is -1.11. The van der Waals surface area contributed by atoms with E-state index in [1.54, 1.807) is 6.07 Å². The van der Waals surface area contributed by atoms with Gasteiger partial charge in [0.2, 0.25) is 11.7 Å². The average Bonchev–Trinajstić information content (AvgIpc) is 2.75. The van der Waals surface area contributed by atoms with E-state index >= 15 is 0 Å². The Morgan fingerprint density at radius 3 is 2.78 bits per heavy atom. The number of nitrogens with one attached hydrogen (secondary N) is 1. The van der Waals surface area contributed by atoms with Crippen LogP contribution in [0, 0.1) is 0 Å². The Kier molecular flexibility index (Phi) is 5.77. The third kappa shape index (κ3) is 4.83. The molecule has 2 N–H and O–H groups in total. The van der Waals surface area contributed by atoms with Crippen LogP contribution < -0.4 is 5.32 Å². The largest absolute Gasteiger partial charge is 0.475 e. The van der Waals surface area contributed by atoms with E-state index in [2.05, 4.69) is 12.2 Å². The number of rotatable bonds is 7. The summed E-state index contributed by atoms with van der Waals surface area (Å²) in [6.45, 7) is 4.02. The second-order valence-electron chi connectivity index (χ2n) is 3.97. The monoisotopic (exact) mass is 271 g/mol. The SMILES string of the molecule is CCCC(C)NC(=O)CSc1ccc(C(=O)O)o1. The number of amides is 1. The number of hydrogen-bond donors (Lipinski definition) is 2. The van der Waals surface area contributed by atoms with Crippen molar-refractivity contribution in [3.63, 3.8) is 0 Å². The minimum Gasteiger partial charge on any atom is -0.475 e. The number of carbonyl (C=O) groups is 2. The molecule has 1 heterocycles. The van der Waals surface area contributed by atoms with Crippen molar-refractivity contribution < 1.29 is 19.1 Å². The van der Waals surface area contributed by atoms with Gasteiger partial charge in [-0.2, -0.15) is 0 Å². The third-order valence-corrected chi connectivity index (χ3v) is 3.18. The van der Waals surface area contributed by atoms with Gasteiger partial charge in [0.05, 0.1) is 5.75 Å². The van der Waals surface area contributed by atoms with Crippen molar-refractivity contribution in [3.05, 3.63) is 17.9 Å². The molecule has 1 unspecified atom stereocenters. The summed E-state index contributed by atoms with van der Waals surface area (Å²) >= 11 is 1.18. The van der Waals surface area contributed by atoms with Gasteiger partial charge in [0, 0.05) is 6.04 Å². The Labute approximate surface area is 110 Å². The van der Waals surface area contributed by atoms with E-state index in [4.69, 9.17) is 9.52 Å². The number of carboxylic acids is 1. The summed E-state index contributed by atoms with van der Waals surface area (Å²) in [4.78, 5) is 22.1. The van der Waals surface area contributed by atoms with E-state index in [1.807, 2.05) is 6.92 Å². The first-order chi connectivity index (χ1) is 8.52. The highest BCUT2D eigenvalue weighted by molar-refractivity contribution is 7.99. The second kappa shape index (κ2) is 7.10. The molecule has 0 aliphatic carbocycles. The zero-order valence-corrected chi connectivity index (χ0v) is 11.3. The molecule has 0 saturated heterocycles. The maximum atomic E-state index is 11.6. The molecule has 0 spiro atoms. The number of carboxylic acid groups (broad SMARTS) is 1. The first kappa shape index (κ1) is 14.6. The van der Waals surface area contributed by atoms with E-state index in [0.29, 0.717) is 5.09 Å². The van der Waals surface area contributed by atoms with Gasteiger partial charge in [0.1, 0.15) is 0 Å². The molecule has 0 saturated carbocycles. The van der Waals surface area contributed by atoms with E-state index in [1.165, 1.54) is 17.8 Å². The summed E-state index contributed by atoms with van der Waals surface area (Å²) in [5.41, 5.74) is 0. The summed E-state index contributed by atoms with van der Waals surface area (Å²) in [5, 5.41) is 12.0. The molecule has 0 aliphatic heterocycles. The van der Waals surface area contributed by atoms with Crippen LogP contribution in [-0.4, -0.2) is 28.8 Å². The van der Waals surface area contributed by atoms with Crippen molar-refractivity contribution in [1.29, 1.82) is 0 Å². The number of thioether (sulfide) groups is 1. The highest BCUT2D eigenvalue weighted by Gasteiger charge is 2.11. The Hall–Kier alpha value is -1.43. The maximum absolute atomic E-state index is 11.6. The van der Waals surface area contributed by atoms with E-state index in [9.17, 15) is 9.59 Å². The second-order valence-corrected chi connectivity index (χ2v) is 4.95. The van der Waals surface area contributed by atoms with Gasteiger partial charge in [-0.15, -0.1) is 0 Å². The molecule has 1 rings (SSSR count). The standard InChI is InChI=1S/C12H17NO4S/c1-3-4-8(2)13-10(14)7-18-11-6-5-9(17-11)12(15)16/h5-6,8H,3-4,7H2,1-2H3,(H,13,14)(H,15,16). The minimum absolute atomic E-state index is 0.0748. The summed E-state index contributed by atoms with van der Waals surface area (Å²) in [6.07, 6.45) is 1.97. The van der Waals surface area contributed by atoms with E-state index in [0.717, 1.165) is 12.8 Å². The molecule has 0 aromatic carbocycles. The van der Waals surface area contributed by atoms with Crippen LogP contribution in [0.3, 0.4) is 0 Å². The van der Waals surface area contributed by atoms with Gasteiger partial charge in [-0.3, -0.25) is 4.79 Å². The van der Waals surface area contributed by atoms with Crippen LogP contribution in [0.2, 0.25) is 0 Å². The highest BCUT2D eigenvalue weighted by atomic mass is 32.2. The highest BCUT2D eigenvalue weighted by Crippen LogP contribution is 2.20. The van der Waals surface area contributed by atoms with Crippen LogP contribution in [0.1, 0.15) is 37.2 Å². The molecule has 1 atom stereocenters. The molecule has 1 aromatic rings. The van der Waals surface area contributed by atoms with Crippen LogP contribution >= 0.6 is 11.8 Å². The fourth-order valence-electron chi connectivity index (χ4n) is 1.47. The molecular weight excluding hydrogens is 254 g/mol. The normalized spacial score (nSPS) is 12.1. The first-order valence-electron chi connectivity index (χ1n) is 5.78. The van der Waals surface area contributed by atoms with Crippen LogP contribution in [0.4, 0.5) is 0 Å². The Morgan fingerprint density at radius 1 is 1.50 bits per heavy atom. The quantitative estimate of drug-likeness (QED) is 0.744. The smallest absolute Gasteiger partial charge is 0.371 e. The van der Waals surface area contributed by atoms with Gasteiger partial charge >= 0.3 is 5.97 Å². The lowest BCUT2D eigenvalue weighted by molar-refractivity contribution is -0.119. The molecule has 1 aromatic heterocycles. The topological polar surface area (TPSA) is 79.5 Å². The van der Waals surface area contributed by atoms with Crippen molar-refractivity contribution in [2.45, 2.75) is 37.8 Å². The fourth-order valence-corrected chi connectivity index (χ4v) is 2.14. The summed E-state index contributed by atoms with van der Waals surface area (Å²) in [6, 6.07) is 3.09. The molecule has 5 nitrogen and oxygen atoms in total. The summed E-state index contributed by atoms with van der Waals surface area (Å²) in [7, 11) is 0. The lowest BCUT2D eigenvalue weighted by Gasteiger charge is -2.11. The zero-order valence-electron chi connectivity index (χ0n) is 10.4. The summed E-state index contributed by atoms with van der Waals surface area (Å²) < 4.78 is 5.03. The van der Waals surface area contributed by atoms with Crippen molar-refractivity contribution >= 4 is 23.6 Å². The predicted molar refractivity (Wildman–Crippen MR) is 68.9 cm³/mol. The number of furan rings is 1. The van der Waals surface area contributed by atoms with Crippen molar-refractivity contribution in [1.82, 2.24) is 5.32 Å². The number of hydrogen-bond acceptors (Lipinski definition) is 4. The Bertz CT molecular complexity index is 416. The Balaban J connectivity index is 2.35. The number of aromatic carboxylic acids is 1. The third-order valence-electron chi connectivity index (χ3n) is 2.27. The van der Waals surface area contributed by atoms with Gasteiger partial charge in [-0.25, -0.2) is 4.79 Å². The van der Waals surface area contributed by atoms with Crippen molar-refractivity contribution in [2.75, 3.05) is 5.75 Å². The molecule has 0 aliphatic rings. The zero-order chi connectivity index (χ0) is 13.5. The molecular formula is C12H17NO4S. The van der Waals surface area contributed by atoms with Crippen LogP contribution in [-0.2, 0) is 4.79 Å². The molecule has 0 fully saturated rings. The molecule has 18 heavy (non-hydrogen) atoms. The van der Waals surface area contributed by atoms with Gasteiger partial charge < -0.3 is 14.8 Å². The lowest BCUT2D eigenvalue weighted by Crippen LogP contribution is -2.33. The van der Waals surface area contributed by atoms with Gasteiger partial charge in [-0.05, 0) is 25.5 Å². The first-order valence-corrected chi connectivity index (χ1v) is 6.76. The maximum Gasteiger partial charge on any atom is 0.371 e. The molecule has 0 bridgehead atoms.